The molecule has 0 unspecified atom stereocenters. The van der Waals surface area contributed by atoms with Crippen LogP contribution in [0.1, 0.15) is 58.3 Å². The molecule has 12 heteroatoms. The number of nitrogens with zero attached hydrogens (tertiary/aromatic N) is 4. The fraction of sp³-hybridized carbons (Fsp3) is 0.452. The van der Waals surface area contributed by atoms with Gasteiger partial charge in [-0.05, 0) is 37.8 Å². The van der Waals surface area contributed by atoms with Crippen molar-refractivity contribution >= 4 is 27.6 Å². The first-order chi connectivity index (χ1) is 20.5. The van der Waals surface area contributed by atoms with Crippen LogP contribution in [0, 0.1) is 5.92 Å². The molecule has 0 saturated carbocycles. The molecule has 1 aliphatic heterocycles. The van der Waals surface area contributed by atoms with Crippen molar-refractivity contribution in [3.63, 3.8) is 0 Å². The van der Waals surface area contributed by atoms with Gasteiger partial charge in [-0.25, -0.2) is 18.1 Å². The number of carbonyl (C=O) groups is 3. The molecule has 0 fully saturated rings. The highest BCUT2D eigenvalue weighted by Gasteiger charge is 2.27. The van der Waals surface area contributed by atoms with E-state index in [4.69, 9.17) is 10.1 Å². The topological polar surface area (TPSA) is 143 Å². The van der Waals surface area contributed by atoms with E-state index in [0.717, 1.165) is 5.56 Å². The summed E-state index contributed by atoms with van der Waals surface area (Å²) in [6, 6.07) is 16.3. The molecule has 2 aromatic carbocycles. The Morgan fingerprint density at radius 2 is 1.65 bits per heavy atom. The third-order valence-corrected chi connectivity index (χ3v) is 9.02. The van der Waals surface area contributed by atoms with E-state index in [-0.39, 0.29) is 66.8 Å². The van der Waals surface area contributed by atoms with Gasteiger partial charge in [-0.2, -0.15) is 5.10 Å². The fourth-order valence-corrected chi connectivity index (χ4v) is 6.28. The molecule has 0 spiro atoms. The minimum atomic E-state index is -3.64. The minimum Gasteiger partial charge on any atom is -0.345 e. The molecule has 230 valence electrons. The molecule has 4 rings (SSSR count). The Kier molecular flexibility index (Phi) is 10.7. The molecule has 0 saturated heterocycles. The van der Waals surface area contributed by atoms with Crippen LogP contribution in [0.2, 0.25) is 0 Å². The van der Waals surface area contributed by atoms with Crippen molar-refractivity contribution < 1.29 is 22.8 Å². The molecule has 0 radical (unpaired) electrons. The summed E-state index contributed by atoms with van der Waals surface area (Å²) in [6.45, 7) is 6.53. The molecule has 3 amide bonds. The summed E-state index contributed by atoms with van der Waals surface area (Å²) in [6.07, 6.45) is 0.754. The maximum atomic E-state index is 13.4. The first kappa shape index (κ1) is 31.9. The molecule has 0 aliphatic carbocycles. The zero-order valence-corrected chi connectivity index (χ0v) is 25.7. The van der Waals surface area contributed by atoms with E-state index in [1.807, 2.05) is 51.1 Å². The smallest absolute Gasteiger partial charge is 0.243 e. The maximum absolute atomic E-state index is 13.4. The van der Waals surface area contributed by atoms with Crippen molar-refractivity contribution in [1.82, 2.24) is 30.3 Å². The summed E-state index contributed by atoms with van der Waals surface area (Å²) in [5.74, 6) is -0.0508. The fourth-order valence-electron chi connectivity index (χ4n) is 5.03. The highest BCUT2D eigenvalue weighted by Crippen LogP contribution is 2.20. The molecule has 43 heavy (non-hydrogen) atoms. The van der Waals surface area contributed by atoms with Gasteiger partial charge in [-0.3, -0.25) is 14.4 Å². The van der Waals surface area contributed by atoms with Crippen molar-refractivity contribution in [1.29, 1.82) is 0 Å². The number of sulfone groups is 1. The molecular weight excluding hydrogens is 568 g/mol. The van der Waals surface area contributed by atoms with E-state index < -0.39 is 21.9 Å². The van der Waals surface area contributed by atoms with Gasteiger partial charge < -0.3 is 15.5 Å². The summed E-state index contributed by atoms with van der Waals surface area (Å²) in [7, 11) is -3.64. The molecule has 11 nitrogen and oxygen atoms in total. The third-order valence-electron chi connectivity index (χ3n) is 7.29. The molecule has 1 aromatic heterocycles. The van der Waals surface area contributed by atoms with Gasteiger partial charge in [0.05, 0.1) is 23.2 Å². The number of nitrogens with one attached hydrogen (secondary N) is 2. The second-order valence-electron chi connectivity index (χ2n) is 11.2. The lowest BCUT2D eigenvalue weighted by atomic mass is 10.0. The summed E-state index contributed by atoms with van der Waals surface area (Å²) >= 11 is 0. The average molecular weight is 609 g/mol. The van der Waals surface area contributed by atoms with Crippen LogP contribution in [0.25, 0.3) is 11.4 Å². The van der Waals surface area contributed by atoms with E-state index in [1.165, 1.54) is 12.1 Å². The first-order valence-corrected chi connectivity index (χ1v) is 16.3. The standard InChI is InChI=1S/C31H40N6O5S/c1-22(2)21-26-31(40)32-23(3)30-34-29(24-11-6-4-7-12-24)35-37(30)19-18-36(17-10-15-27(38)33-26)28(39)16-20-43(41,42)25-13-8-5-9-14-25/h4-9,11-14,22-23,26H,10,15-21H2,1-3H3,(H,32,40)(H,33,38)/t23-,26-/m1/s1. The summed E-state index contributed by atoms with van der Waals surface area (Å²) in [4.78, 5) is 46.0. The SMILES string of the molecule is CC(C)C[C@H]1NC(=O)CCCN(C(=O)CCS(=O)(=O)c2ccccc2)CCn2nc(-c3ccccc3)nc2[C@@H](C)NC1=O. The molecule has 2 N–H and O–H groups in total. The number of amides is 3. The lowest BCUT2D eigenvalue weighted by Gasteiger charge is -2.26. The predicted octanol–water partition coefficient (Wildman–Crippen LogP) is 3.14. The van der Waals surface area contributed by atoms with Crippen LogP contribution in [0.5, 0.6) is 0 Å². The van der Waals surface area contributed by atoms with Crippen molar-refractivity contribution in [2.24, 2.45) is 5.92 Å². The largest absolute Gasteiger partial charge is 0.345 e. The Morgan fingerprint density at radius 3 is 2.33 bits per heavy atom. The lowest BCUT2D eigenvalue weighted by Crippen LogP contribution is -2.48. The van der Waals surface area contributed by atoms with Gasteiger partial charge in [0.2, 0.25) is 17.7 Å². The Hall–Kier alpha value is -4.06. The Labute approximate surface area is 253 Å². The Bertz CT molecular complexity index is 1510. The van der Waals surface area contributed by atoms with E-state index in [1.54, 1.807) is 27.8 Å². The van der Waals surface area contributed by atoms with E-state index in [2.05, 4.69) is 10.6 Å². The zero-order valence-electron chi connectivity index (χ0n) is 24.9. The Balaban J connectivity index is 1.60. The van der Waals surface area contributed by atoms with Crippen LogP contribution in [-0.2, 0) is 30.8 Å². The van der Waals surface area contributed by atoms with Gasteiger partial charge in [-0.15, -0.1) is 0 Å². The van der Waals surface area contributed by atoms with Crippen molar-refractivity contribution in [2.75, 3.05) is 18.8 Å². The van der Waals surface area contributed by atoms with Crippen LogP contribution >= 0.6 is 0 Å². The zero-order chi connectivity index (χ0) is 31.0. The summed E-state index contributed by atoms with van der Waals surface area (Å²) in [5.41, 5.74) is 0.808. The third kappa shape index (κ3) is 8.73. The van der Waals surface area contributed by atoms with Crippen molar-refractivity contribution in [3.05, 3.63) is 66.5 Å². The van der Waals surface area contributed by atoms with Gasteiger partial charge in [0.1, 0.15) is 11.9 Å². The van der Waals surface area contributed by atoms with Crippen LogP contribution in [0.4, 0.5) is 0 Å². The molecule has 2 heterocycles. The lowest BCUT2D eigenvalue weighted by molar-refractivity contribution is -0.132. The molecule has 0 bridgehead atoms. The van der Waals surface area contributed by atoms with Crippen LogP contribution in [0.15, 0.2) is 65.6 Å². The van der Waals surface area contributed by atoms with Crippen LogP contribution < -0.4 is 10.6 Å². The number of aromatic nitrogens is 3. The highest BCUT2D eigenvalue weighted by atomic mass is 32.2. The van der Waals surface area contributed by atoms with Crippen molar-refractivity contribution in [3.8, 4) is 11.4 Å². The van der Waals surface area contributed by atoms with Gasteiger partial charge in [0.15, 0.2) is 15.7 Å². The van der Waals surface area contributed by atoms with E-state index >= 15 is 0 Å². The minimum absolute atomic E-state index is 0.121. The van der Waals surface area contributed by atoms with Crippen LogP contribution in [-0.4, -0.2) is 70.7 Å². The van der Waals surface area contributed by atoms with E-state index in [9.17, 15) is 22.8 Å². The highest BCUT2D eigenvalue weighted by molar-refractivity contribution is 7.91. The van der Waals surface area contributed by atoms with Gasteiger partial charge in [-0.1, -0.05) is 62.4 Å². The van der Waals surface area contributed by atoms with Crippen molar-refractivity contribution in [2.45, 2.75) is 70.0 Å². The second-order valence-corrected chi connectivity index (χ2v) is 13.3. The predicted molar refractivity (Wildman–Crippen MR) is 162 cm³/mol. The maximum Gasteiger partial charge on any atom is 0.243 e. The number of hydrogen-bond donors (Lipinski definition) is 2. The molecule has 1 aliphatic rings. The molecule has 2 atom stereocenters. The van der Waals surface area contributed by atoms with Crippen LogP contribution in [0.3, 0.4) is 0 Å². The number of fused-ring (bicyclic) bond motifs is 1. The first-order valence-electron chi connectivity index (χ1n) is 14.7. The van der Waals surface area contributed by atoms with Gasteiger partial charge >= 0.3 is 0 Å². The molecule has 3 aromatic rings. The molecular formula is C31H40N6O5S. The van der Waals surface area contributed by atoms with Gasteiger partial charge in [0, 0.05) is 31.5 Å². The normalized spacial score (nSPS) is 18.8. The number of benzene rings is 2. The quantitative estimate of drug-likeness (QED) is 0.420. The second kappa shape index (κ2) is 14.4. The average Bonchev–Trinajstić information content (AvgIpc) is 3.42. The number of hydrogen-bond acceptors (Lipinski definition) is 7. The van der Waals surface area contributed by atoms with E-state index in [0.29, 0.717) is 24.5 Å². The summed E-state index contributed by atoms with van der Waals surface area (Å²) in [5, 5.41) is 10.6. The number of rotatable bonds is 7. The Morgan fingerprint density at radius 1 is 0.977 bits per heavy atom. The van der Waals surface area contributed by atoms with Gasteiger partial charge in [0.25, 0.3) is 0 Å². The monoisotopic (exact) mass is 608 g/mol. The number of carbonyl (C=O) groups excluding carboxylic acids is 3. The summed E-state index contributed by atoms with van der Waals surface area (Å²) < 4.78 is 27.4.